The number of hydrogen-bond donors (Lipinski definition) is 0. The van der Waals surface area contributed by atoms with Crippen molar-refractivity contribution in [3.8, 4) is 0 Å². The molecule has 0 amide bonds. The van der Waals surface area contributed by atoms with Crippen LogP contribution in [0.25, 0.3) is 5.65 Å². The fourth-order valence-electron chi connectivity index (χ4n) is 3.44. The van der Waals surface area contributed by atoms with E-state index in [1.54, 1.807) is 4.80 Å². The summed E-state index contributed by atoms with van der Waals surface area (Å²) in [4.78, 5) is 4.10. The first-order chi connectivity index (χ1) is 11.3. The minimum Gasteiger partial charge on any atom is -0.297 e. The zero-order chi connectivity index (χ0) is 15.6. The van der Waals surface area contributed by atoms with Crippen LogP contribution in [0.2, 0.25) is 0 Å². The summed E-state index contributed by atoms with van der Waals surface area (Å²) in [6, 6.07) is 6.02. The van der Waals surface area contributed by atoms with Gasteiger partial charge in [-0.3, -0.25) is 9.30 Å². The van der Waals surface area contributed by atoms with Crippen molar-refractivity contribution in [3.05, 3.63) is 42.1 Å². The zero-order valence-corrected chi connectivity index (χ0v) is 13.3. The standard InChI is InChI=1S/C16H21N7/c1-21-17-10-14(20-21)12-22-7-4-5-13(11-22)9-16-19-18-15-6-2-3-8-23(15)16/h2-3,6,8,10,13H,4-5,7,9,11-12H2,1H3. The molecular weight excluding hydrogens is 290 g/mol. The Kier molecular flexibility index (Phi) is 3.78. The molecule has 7 nitrogen and oxygen atoms in total. The molecule has 120 valence electrons. The van der Waals surface area contributed by atoms with E-state index in [0.717, 1.165) is 43.2 Å². The molecule has 7 heteroatoms. The Hall–Kier alpha value is -2.28. The maximum Gasteiger partial charge on any atom is 0.160 e. The Morgan fingerprint density at radius 1 is 1.26 bits per heavy atom. The van der Waals surface area contributed by atoms with E-state index in [1.165, 1.54) is 12.8 Å². The third-order valence-corrected chi connectivity index (χ3v) is 4.49. The van der Waals surface area contributed by atoms with E-state index in [4.69, 9.17) is 0 Å². The average molecular weight is 311 g/mol. The van der Waals surface area contributed by atoms with Crippen molar-refractivity contribution in [3.63, 3.8) is 0 Å². The number of fused-ring (bicyclic) bond motifs is 1. The molecule has 23 heavy (non-hydrogen) atoms. The molecule has 1 saturated heterocycles. The molecular formula is C16H21N7. The quantitative estimate of drug-likeness (QED) is 0.727. The van der Waals surface area contributed by atoms with Crippen LogP contribution in [0.3, 0.4) is 0 Å². The van der Waals surface area contributed by atoms with E-state index < -0.39 is 0 Å². The highest BCUT2D eigenvalue weighted by Crippen LogP contribution is 2.21. The molecule has 3 aromatic heterocycles. The molecule has 0 aromatic carbocycles. The normalized spacial score (nSPS) is 19.4. The SMILES string of the molecule is Cn1ncc(CN2CCCC(Cc3nnc4ccccn34)C2)n1. The molecule has 0 N–H and O–H groups in total. The largest absolute Gasteiger partial charge is 0.297 e. The van der Waals surface area contributed by atoms with Gasteiger partial charge in [0.15, 0.2) is 5.65 Å². The molecule has 1 atom stereocenters. The van der Waals surface area contributed by atoms with E-state index in [1.807, 2.05) is 37.6 Å². The van der Waals surface area contributed by atoms with Crippen LogP contribution in [0.1, 0.15) is 24.4 Å². The Morgan fingerprint density at radius 3 is 3.09 bits per heavy atom. The predicted molar refractivity (Wildman–Crippen MR) is 85.7 cm³/mol. The lowest BCUT2D eigenvalue weighted by Crippen LogP contribution is -2.36. The van der Waals surface area contributed by atoms with Crippen LogP contribution < -0.4 is 0 Å². The molecule has 0 radical (unpaired) electrons. The number of pyridine rings is 1. The van der Waals surface area contributed by atoms with Gasteiger partial charge in [-0.2, -0.15) is 15.0 Å². The molecule has 1 aliphatic heterocycles. The van der Waals surface area contributed by atoms with Gasteiger partial charge in [0.2, 0.25) is 0 Å². The van der Waals surface area contributed by atoms with Crippen molar-refractivity contribution in [1.29, 1.82) is 0 Å². The second-order valence-corrected chi connectivity index (χ2v) is 6.32. The maximum absolute atomic E-state index is 4.38. The Balaban J connectivity index is 1.43. The fourth-order valence-corrected chi connectivity index (χ4v) is 3.44. The smallest absolute Gasteiger partial charge is 0.160 e. The molecule has 0 aliphatic carbocycles. The van der Waals surface area contributed by atoms with Crippen molar-refractivity contribution < 1.29 is 0 Å². The second kappa shape index (κ2) is 6.08. The average Bonchev–Trinajstić information content (AvgIpc) is 3.15. The van der Waals surface area contributed by atoms with Crippen LogP contribution in [0, 0.1) is 5.92 Å². The van der Waals surface area contributed by atoms with Gasteiger partial charge in [-0.05, 0) is 37.4 Å². The lowest BCUT2D eigenvalue weighted by Gasteiger charge is -2.31. The molecule has 1 aliphatic rings. The number of aryl methyl sites for hydroxylation is 1. The van der Waals surface area contributed by atoms with Gasteiger partial charge in [0, 0.05) is 32.8 Å². The number of piperidine rings is 1. The first-order valence-corrected chi connectivity index (χ1v) is 8.14. The summed E-state index contributed by atoms with van der Waals surface area (Å²) in [5.41, 5.74) is 1.97. The number of nitrogens with zero attached hydrogens (tertiary/aromatic N) is 7. The third-order valence-electron chi connectivity index (χ3n) is 4.49. The van der Waals surface area contributed by atoms with Crippen molar-refractivity contribution >= 4 is 5.65 Å². The van der Waals surface area contributed by atoms with Gasteiger partial charge in [-0.1, -0.05) is 6.07 Å². The molecule has 1 unspecified atom stereocenters. The van der Waals surface area contributed by atoms with Crippen LogP contribution in [0.4, 0.5) is 0 Å². The van der Waals surface area contributed by atoms with Gasteiger partial charge >= 0.3 is 0 Å². The van der Waals surface area contributed by atoms with Gasteiger partial charge in [0.05, 0.1) is 11.9 Å². The topological polar surface area (TPSA) is 64.1 Å². The number of aromatic nitrogens is 6. The van der Waals surface area contributed by atoms with E-state index >= 15 is 0 Å². The van der Waals surface area contributed by atoms with Gasteiger partial charge in [-0.25, -0.2) is 0 Å². The monoisotopic (exact) mass is 311 g/mol. The fraction of sp³-hybridized carbons (Fsp3) is 0.500. The maximum atomic E-state index is 4.38. The van der Waals surface area contributed by atoms with Crippen molar-refractivity contribution in [1.82, 2.24) is 34.5 Å². The molecule has 0 spiro atoms. The summed E-state index contributed by atoms with van der Waals surface area (Å²) in [6.45, 7) is 3.09. The number of hydrogen-bond acceptors (Lipinski definition) is 5. The molecule has 3 aromatic rings. The Labute approximate surface area is 134 Å². The summed E-state index contributed by atoms with van der Waals surface area (Å²) >= 11 is 0. The molecule has 0 bridgehead atoms. The molecule has 1 fully saturated rings. The highest BCUT2D eigenvalue weighted by Gasteiger charge is 2.22. The van der Waals surface area contributed by atoms with Crippen LogP contribution in [0.15, 0.2) is 30.6 Å². The van der Waals surface area contributed by atoms with E-state index in [-0.39, 0.29) is 0 Å². The first kappa shape index (κ1) is 14.3. The lowest BCUT2D eigenvalue weighted by atomic mass is 9.94. The van der Waals surface area contributed by atoms with Gasteiger partial charge in [0.25, 0.3) is 0 Å². The summed E-state index contributed by atoms with van der Waals surface area (Å²) < 4.78 is 2.10. The zero-order valence-electron chi connectivity index (χ0n) is 13.3. The van der Waals surface area contributed by atoms with E-state index in [9.17, 15) is 0 Å². The molecule has 4 heterocycles. The first-order valence-electron chi connectivity index (χ1n) is 8.14. The highest BCUT2D eigenvalue weighted by molar-refractivity contribution is 5.37. The minimum absolute atomic E-state index is 0.619. The predicted octanol–water partition coefficient (Wildman–Crippen LogP) is 1.31. The Bertz CT molecular complexity index is 790. The summed E-state index contributed by atoms with van der Waals surface area (Å²) in [5, 5.41) is 17.2. The number of likely N-dealkylation sites (tertiary alicyclic amines) is 1. The van der Waals surface area contributed by atoms with Crippen molar-refractivity contribution in [2.45, 2.75) is 25.8 Å². The third kappa shape index (κ3) is 3.10. The van der Waals surface area contributed by atoms with Crippen molar-refractivity contribution in [2.24, 2.45) is 13.0 Å². The minimum atomic E-state index is 0.619. The second-order valence-electron chi connectivity index (χ2n) is 6.32. The van der Waals surface area contributed by atoms with Crippen molar-refractivity contribution in [2.75, 3.05) is 13.1 Å². The Morgan fingerprint density at radius 2 is 2.22 bits per heavy atom. The summed E-state index contributed by atoms with van der Waals surface area (Å²) in [6.07, 6.45) is 7.35. The van der Waals surface area contributed by atoms with Crippen LogP contribution in [-0.4, -0.2) is 47.6 Å². The van der Waals surface area contributed by atoms with Crippen LogP contribution >= 0.6 is 0 Å². The van der Waals surface area contributed by atoms with Crippen LogP contribution in [0.5, 0.6) is 0 Å². The van der Waals surface area contributed by atoms with Gasteiger partial charge in [0.1, 0.15) is 5.82 Å². The van der Waals surface area contributed by atoms with Gasteiger partial charge < -0.3 is 0 Å². The van der Waals surface area contributed by atoms with E-state index in [0.29, 0.717) is 5.92 Å². The van der Waals surface area contributed by atoms with Crippen LogP contribution in [-0.2, 0) is 20.0 Å². The van der Waals surface area contributed by atoms with E-state index in [2.05, 4.69) is 29.7 Å². The molecule has 0 saturated carbocycles. The highest BCUT2D eigenvalue weighted by atomic mass is 15.5. The molecule has 4 rings (SSSR count). The lowest BCUT2D eigenvalue weighted by molar-refractivity contribution is 0.163. The number of rotatable bonds is 4. The van der Waals surface area contributed by atoms with Gasteiger partial charge in [-0.15, -0.1) is 10.2 Å². The summed E-state index contributed by atoms with van der Waals surface area (Å²) in [7, 11) is 1.86. The summed E-state index contributed by atoms with van der Waals surface area (Å²) in [5.74, 6) is 1.68.